The zero-order chi connectivity index (χ0) is 21.1. The third-order valence-corrected chi connectivity index (χ3v) is 6.87. The van der Waals surface area contributed by atoms with E-state index in [9.17, 15) is 0 Å². The van der Waals surface area contributed by atoms with Crippen LogP contribution in [-0.4, -0.2) is 7.85 Å². The molecule has 0 radical (unpaired) electrons. The zero-order valence-electron chi connectivity index (χ0n) is 20.1. The summed E-state index contributed by atoms with van der Waals surface area (Å²) in [6, 6.07) is 0. The Labute approximate surface area is 178 Å². The van der Waals surface area contributed by atoms with Crippen LogP contribution in [0.1, 0.15) is 92.9 Å². The van der Waals surface area contributed by atoms with Crippen molar-refractivity contribution in [1.82, 2.24) is 0 Å². The van der Waals surface area contributed by atoms with Crippen LogP contribution >= 0.6 is 0 Å². The third-order valence-electron chi connectivity index (χ3n) is 6.87. The van der Waals surface area contributed by atoms with E-state index in [0.29, 0.717) is 11.8 Å². The van der Waals surface area contributed by atoms with E-state index in [1.807, 2.05) is 0 Å². The fourth-order valence-electron chi connectivity index (χ4n) is 4.58. The molecule has 5 unspecified atom stereocenters. The highest BCUT2D eigenvalue weighted by Gasteiger charge is 2.25. The van der Waals surface area contributed by atoms with Gasteiger partial charge >= 0.3 is 0 Å². The van der Waals surface area contributed by atoms with E-state index in [2.05, 4.69) is 80.3 Å². The van der Waals surface area contributed by atoms with Gasteiger partial charge < -0.3 is 0 Å². The molecule has 1 heteroatoms. The molecule has 0 fully saturated rings. The summed E-state index contributed by atoms with van der Waals surface area (Å²) >= 11 is 0. The van der Waals surface area contributed by atoms with Crippen molar-refractivity contribution in [3.05, 3.63) is 47.6 Å². The van der Waals surface area contributed by atoms with Gasteiger partial charge in [-0.15, -0.1) is 0 Å². The van der Waals surface area contributed by atoms with Crippen LogP contribution in [0.4, 0.5) is 0 Å². The SMILES string of the molecule is BC(C)CCCC(CCC(C)CC)CC(C(=C)C)C(C)C1=C(C)C=CCC=C1. The standard InChI is InChI=1S/C27H47B/c1-8-21(4)17-18-25(15-12-14-23(6)28)19-27(20(2)3)24(7)26-16-11-9-10-13-22(26)5/h10-11,13,16,21,23-25,27H,2,8-9,12,14-15,17-19,28H2,1,3-7H3. The normalized spacial score (nSPS) is 19.8. The molecule has 0 aromatic heterocycles. The first-order valence-electron chi connectivity index (χ1n) is 11.9. The molecule has 0 aliphatic heterocycles. The monoisotopic (exact) mass is 382 g/mol. The van der Waals surface area contributed by atoms with Crippen molar-refractivity contribution in [2.75, 3.05) is 0 Å². The van der Waals surface area contributed by atoms with Gasteiger partial charge in [0.1, 0.15) is 7.85 Å². The van der Waals surface area contributed by atoms with Gasteiger partial charge in [-0.25, -0.2) is 0 Å². The molecule has 0 N–H and O–H groups in total. The number of hydrogen-bond donors (Lipinski definition) is 0. The minimum Gasteiger partial charge on any atom is -0.0998 e. The molecule has 0 saturated heterocycles. The van der Waals surface area contributed by atoms with Gasteiger partial charge in [0.15, 0.2) is 0 Å². The van der Waals surface area contributed by atoms with E-state index >= 15 is 0 Å². The van der Waals surface area contributed by atoms with E-state index < -0.39 is 0 Å². The van der Waals surface area contributed by atoms with Crippen molar-refractivity contribution in [2.45, 2.75) is 98.7 Å². The zero-order valence-corrected chi connectivity index (χ0v) is 20.1. The lowest BCUT2D eigenvalue weighted by Crippen LogP contribution is -2.20. The van der Waals surface area contributed by atoms with Crippen LogP contribution in [0.5, 0.6) is 0 Å². The average Bonchev–Trinajstić information content (AvgIpc) is 2.86. The summed E-state index contributed by atoms with van der Waals surface area (Å²) < 4.78 is 0. The molecule has 0 heterocycles. The van der Waals surface area contributed by atoms with Gasteiger partial charge in [0, 0.05) is 0 Å². The van der Waals surface area contributed by atoms with Crippen molar-refractivity contribution in [3.8, 4) is 0 Å². The molecule has 0 aromatic carbocycles. The van der Waals surface area contributed by atoms with E-state index in [1.165, 1.54) is 61.7 Å². The molecule has 0 bridgehead atoms. The molecule has 0 spiro atoms. The molecule has 0 aromatic rings. The summed E-state index contributed by atoms with van der Waals surface area (Å²) in [7, 11) is 2.36. The van der Waals surface area contributed by atoms with Crippen LogP contribution in [0.3, 0.4) is 0 Å². The predicted molar refractivity (Wildman–Crippen MR) is 132 cm³/mol. The van der Waals surface area contributed by atoms with E-state index in [4.69, 9.17) is 0 Å². The van der Waals surface area contributed by atoms with Crippen molar-refractivity contribution in [3.63, 3.8) is 0 Å². The first-order chi connectivity index (χ1) is 13.3. The largest absolute Gasteiger partial charge is 0.105 e. The molecular formula is C27H47B. The van der Waals surface area contributed by atoms with E-state index in [1.54, 1.807) is 0 Å². The third kappa shape index (κ3) is 9.02. The Morgan fingerprint density at radius 1 is 1.07 bits per heavy atom. The lowest BCUT2D eigenvalue weighted by atomic mass is 9.74. The van der Waals surface area contributed by atoms with Gasteiger partial charge in [-0.1, -0.05) is 108 Å². The van der Waals surface area contributed by atoms with Crippen LogP contribution < -0.4 is 0 Å². The first-order valence-corrected chi connectivity index (χ1v) is 11.9. The van der Waals surface area contributed by atoms with Crippen molar-refractivity contribution in [1.29, 1.82) is 0 Å². The van der Waals surface area contributed by atoms with Gasteiger partial charge in [0.05, 0.1) is 0 Å². The highest BCUT2D eigenvalue weighted by molar-refractivity contribution is 6.11. The van der Waals surface area contributed by atoms with Crippen LogP contribution in [0.15, 0.2) is 47.6 Å². The first kappa shape index (κ1) is 25.1. The predicted octanol–water partition coefficient (Wildman–Crippen LogP) is 8.09. The Kier molecular flexibility index (Phi) is 11.9. The molecule has 5 atom stereocenters. The van der Waals surface area contributed by atoms with Crippen LogP contribution in [-0.2, 0) is 0 Å². The smallest absolute Gasteiger partial charge is 0.0998 e. The van der Waals surface area contributed by atoms with Crippen LogP contribution in [0, 0.1) is 23.7 Å². The van der Waals surface area contributed by atoms with Gasteiger partial charge in [0.2, 0.25) is 0 Å². The summed E-state index contributed by atoms with van der Waals surface area (Å²) in [4.78, 5) is 0. The van der Waals surface area contributed by atoms with Gasteiger partial charge in [0.25, 0.3) is 0 Å². The summed E-state index contributed by atoms with van der Waals surface area (Å²) in [5.41, 5.74) is 4.32. The lowest BCUT2D eigenvalue weighted by Gasteiger charge is -2.31. The fourth-order valence-corrected chi connectivity index (χ4v) is 4.58. The van der Waals surface area contributed by atoms with Crippen molar-refractivity contribution < 1.29 is 0 Å². The molecule has 0 saturated carbocycles. The number of rotatable bonds is 13. The number of allylic oxidation sites excluding steroid dienone is 7. The Balaban J connectivity index is 2.91. The highest BCUT2D eigenvalue weighted by Crippen LogP contribution is 2.37. The lowest BCUT2D eigenvalue weighted by molar-refractivity contribution is 0.292. The van der Waals surface area contributed by atoms with Crippen molar-refractivity contribution >= 4 is 7.85 Å². The molecule has 0 nitrogen and oxygen atoms in total. The summed E-state index contributed by atoms with van der Waals surface area (Å²) in [6.45, 7) is 18.5. The summed E-state index contributed by atoms with van der Waals surface area (Å²) in [6.07, 6.45) is 19.8. The maximum Gasteiger partial charge on any atom is 0.105 e. The molecule has 28 heavy (non-hydrogen) atoms. The Morgan fingerprint density at radius 2 is 1.75 bits per heavy atom. The highest BCUT2D eigenvalue weighted by atomic mass is 14.3. The van der Waals surface area contributed by atoms with Gasteiger partial charge in [-0.2, -0.15) is 0 Å². The Morgan fingerprint density at radius 3 is 2.36 bits per heavy atom. The Bertz CT molecular complexity index is 549. The van der Waals surface area contributed by atoms with E-state index in [0.717, 1.165) is 24.1 Å². The summed E-state index contributed by atoms with van der Waals surface area (Å²) in [5, 5.41) is 0. The van der Waals surface area contributed by atoms with Gasteiger partial charge in [-0.3, -0.25) is 0 Å². The molecule has 1 aliphatic carbocycles. The molecule has 1 aliphatic rings. The quantitative estimate of drug-likeness (QED) is 0.223. The molecule has 0 amide bonds. The van der Waals surface area contributed by atoms with Crippen LogP contribution in [0.2, 0.25) is 5.82 Å². The summed E-state index contributed by atoms with van der Waals surface area (Å²) in [5.74, 6) is 3.65. The maximum atomic E-state index is 4.43. The molecule has 1 rings (SSSR count). The number of hydrogen-bond acceptors (Lipinski definition) is 0. The van der Waals surface area contributed by atoms with E-state index in [-0.39, 0.29) is 0 Å². The topological polar surface area (TPSA) is 0 Å². The second-order valence-corrected chi connectivity index (χ2v) is 9.94. The second kappa shape index (κ2) is 13.3. The second-order valence-electron chi connectivity index (χ2n) is 9.94. The molecule has 158 valence electrons. The molecular weight excluding hydrogens is 335 g/mol. The van der Waals surface area contributed by atoms with Crippen molar-refractivity contribution in [2.24, 2.45) is 23.7 Å². The van der Waals surface area contributed by atoms with Crippen LogP contribution in [0.25, 0.3) is 0 Å². The minimum absolute atomic E-state index is 0.549. The average molecular weight is 382 g/mol. The van der Waals surface area contributed by atoms with Gasteiger partial charge in [-0.05, 0) is 61.5 Å². The maximum absolute atomic E-state index is 4.43. The minimum atomic E-state index is 0.549. The Hall–Kier alpha value is -0.975. The fraction of sp³-hybridized carbons (Fsp3) is 0.704.